The van der Waals surface area contributed by atoms with Gasteiger partial charge in [0.2, 0.25) is 0 Å². The van der Waals surface area contributed by atoms with Gasteiger partial charge in [-0.25, -0.2) is 14.8 Å². The highest BCUT2D eigenvalue weighted by Crippen LogP contribution is 2.20. The number of carboxylic acids is 1. The van der Waals surface area contributed by atoms with Crippen LogP contribution in [0, 0.1) is 6.92 Å². The molecule has 0 aliphatic rings. The number of anilines is 1. The number of rotatable bonds is 4. The predicted octanol–water partition coefficient (Wildman–Crippen LogP) is 2.59. The minimum absolute atomic E-state index is 0.150. The summed E-state index contributed by atoms with van der Waals surface area (Å²) < 4.78 is 2.01. The lowest BCUT2D eigenvalue weighted by Gasteiger charge is -2.08. The minimum Gasteiger partial charge on any atom is -0.478 e. The van der Waals surface area contributed by atoms with Crippen LogP contribution >= 0.6 is 0 Å². The van der Waals surface area contributed by atoms with E-state index < -0.39 is 5.97 Å². The number of nitrogens with zero attached hydrogens (tertiary/aromatic N) is 3. The number of aryl methyl sites for hydroxylation is 2. The van der Waals surface area contributed by atoms with Crippen molar-refractivity contribution in [3.05, 3.63) is 53.5 Å². The highest BCUT2D eigenvalue weighted by Gasteiger charge is 2.13. The summed E-state index contributed by atoms with van der Waals surface area (Å²) in [5.41, 5.74) is 3.32. The Morgan fingerprint density at radius 2 is 2.14 bits per heavy atom. The summed E-state index contributed by atoms with van der Waals surface area (Å²) in [5, 5.41) is 12.2. The summed E-state index contributed by atoms with van der Waals surface area (Å²) in [6.45, 7) is 2.45. The van der Waals surface area contributed by atoms with E-state index in [4.69, 9.17) is 5.11 Å². The van der Waals surface area contributed by atoms with Crippen LogP contribution < -0.4 is 5.32 Å². The van der Waals surface area contributed by atoms with Crippen LogP contribution in [0.15, 0.2) is 36.5 Å². The second kappa shape index (κ2) is 5.48. The molecule has 2 N–H and O–H groups in total. The van der Waals surface area contributed by atoms with E-state index in [9.17, 15) is 4.79 Å². The van der Waals surface area contributed by atoms with Crippen LogP contribution in [-0.2, 0) is 13.6 Å². The zero-order valence-electron chi connectivity index (χ0n) is 12.4. The van der Waals surface area contributed by atoms with Gasteiger partial charge in [-0.1, -0.05) is 12.1 Å². The number of aromatic nitrogens is 3. The van der Waals surface area contributed by atoms with Gasteiger partial charge in [0.15, 0.2) is 0 Å². The van der Waals surface area contributed by atoms with Crippen molar-refractivity contribution in [1.29, 1.82) is 0 Å². The molecule has 3 rings (SSSR count). The third-order valence-corrected chi connectivity index (χ3v) is 3.64. The number of nitrogens with one attached hydrogen (secondary N) is 1. The number of fused-ring (bicyclic) bond motifs is 1. The monoisotopic (exact) mass is 296 g/mol. The van der Waals surface area contributed by atoms with Crippen LogP contribution in [0.5, 0.6) is 0 Å². The number of benzene rings is 1. The molecule has 1 aromatic carbocycles. The number of para-hydroxylation sites is 1. The molecule has 0 spiro atoms. The van der Waals surface area contributed by atoms with Crippen LogP contribution in [0.2, 0.25) is 0 Å². The molecule has 22 heavy (non-hydrogen) atoms. The Morgan fingerprint density at radius 3 is 2.86 bits per heavy atom. The van der Waals surface area contributed by atoms with Gasteiger partial charge in [0.25, 0.3) is 0 Å². The van der Waals surface area contributed by atoms with E-state index in [1.54, 1.807) is 12.3 Å². The molecule has 0 fully saturated rings. The average molecular weight is 296 g/mol. The maximum absolute atomic E-state index is 11.2. The lowest BCUT2D eigenvalue weighted by atomic mass is 10.2. The fourth-order valence-electron chi connectivity index (χ4n) is 2.55. The Bertz CT molecular complexity index is 854. The SMILES string of the molecule is Cc1cccc2nc(CNc3ncccc3C(=O)O)n(C)c12. The lowest BCUT2D eigenvalue weighted by molar-refractivity contribution is 0.0697. The van der Waals surface area contributed by atoms with E-state index in [1.807, 2.05) is 36.7 Å². The molecule has 2 heterocycles. The zero-order chi connectivity index (χ0) is 15.7. The Labute approximate surface area is 127 Å². The van der Waals surface area contributed by atoms with E-state index >= 15 is 0 Å². The molecule has 6 nitrogen and oxygen atoms in total. The van der Waals surface area contributed by atoms with E-state index in [2.05, 4.69) is 15.3 Å². The summed E-state index contributed by atoms with van der Waals surface area (Å²) in [7, 11) is 1.95. The van der Waals surface area contributed by atoms with Crippen LogP contribution in [0.3, 0.4) is 0 Å². The molecule has 0 aliphatic heterocycles. The Morgan fingerprint density at radius 1 is 1.32 bits per heavy atom. The van der Waals surface area contributed by atoms with Gasteiger partial charge in [-0.15, -0.1) is 0 Å². The molecule has 0 atom stereocenters. The van der Waals surface area contributed by atoms with Crippen molar-refractivity contribution >= 4 is 22.8 Å². The van der Waals surface area contributed by atoms with Gasteiger partial charge in [-0.05, 0) is 30.7 Å². The standard InChI is InChI=1S/C16H16N4O2/c1-10-5-3-7-12-14(10)20(2)13(19-12)9-18-15-11(16(21)22)6-4-8-17-15/h3-8H,9H2,1-2H3,(H,17,18)(H,21,22). The molecular formula is C16H16N4O2. The van der Waals surface area contributed by atoms with Crippen molar-refractivity contribution in [2.45, 2.75) is 13.5 Å². The molecule has 0 bridgehead atoms. The quantitative estimate of drug-likeness (QED) is 0.773. The first-order valence-corrected chi connectivity index (χ1v) is 6.91. The van der Waals surface area contributed by atoms with Crippen molar-refractivity contribution in [2.75, 3.05) is 5.32 Å². The summed E-state index contributed by atoms with van der Waals surface area (Å²) in [6.07, 6.45) is 1.56. The first-order chi connectivity index (χ1) is 10.6. The van der Waals surface area contributed by atoms with Crippen molar-refractivity contribution in [3.63, 3.8) is 0 Å². The second-order valence-electron chi connectivity index (χ2n) is 5.09. The van der Waals surface area contributed by atoms with Gasteiger partial charge < -0.3 is 15.0 Å². The van der Waals surface area contributed by atoms with Gasteiger partial charge in [0, 0.05) is 13.2 Å². The van der Waals surface area contributed by atoms with E-state index in [0.29, 0.717) is 12.4 Å². The molecular weight excluding hydrogens is 280 g/mol. The van der Waals surface area contributed by atoms with Crippen molar-refractivity contribution in [1.82, 2.24) is 14.5 Å². The summed E-state index contributed by atoms with van der Waals surface area (Å²) >= 11 is 0. The molecule has 112 valence electrons. The fourth-order valence-corrected chi connectivity index (χ4v) is 2.55. The normalized spacial score (nSPS) is 10.8. The van der Waals surface area contributed by atoms with Gasteiger partial charge in [-0.2, -0.15) is 0 Å². The van der Waals surface area contributed by atoms with Gasteiger partial charge in [0.1, 0.15) is 17.2 Å². The number of imidazole rings is 1. The van der Waals surface area contributed by atoms with E-state index in [0.717, 1.165) is 22.4 Å². The third-order valence-electron chi connectivity index (χ3n) is 3.64. The first kappa shape index (κ1) is 14.1. The van der Waals surface area contributed by atoms with Crippen LogP contribution in [0.1, 0.15) is 21.7 Å². The molecule has 0 aliphatic carbocycles. The second-order valence-corrected chi connectivity index (χ2v) is 5.09. The minimum atomic E-state index is -1.00. The maximum Gasteiger partial charge on any atom is 0.339 e. The molecule has 0 saturated carbocycles. The van der Waals surface area contributed by atoms with Crippen molar-refractivity contribution in [3.8, 4) is 0 Å². The topological polar surface area (TPSA) is 80.0 Å². The molecule has 0 radical (unpaired) electrons. The summed E-state index contributed by atoms with van der Waals surface area (Å²) in [5.74, 6) is 0.168. The van der Waals surface area contributed by atoms with Crippen LogP contribution in [-0.4, -0.2) is 25.6 Å². The van der Waals surface area contributed by atoms with Gasteiger partial charge >= 0.3 is 5.97 Å². The predicted molar refractivity (Wildman–Crippen MR) is 84.0 cm³/mol. The van der Waals surface area contributed by atoms with Gasteiger partial charge in [-0.3, -0.25) is 0 Å². The Balaban J connectivity index is 1.91. The number of hydrogen-bond donors (Lipinski definition) is 2. The molecule has 6 heteroatoms. The third kappa shape index (κ3) is 2.39. The highest BCUT2D eigenvalue weighted by molar-refractivity contribution is 5.93. The largest absolute Gasteiger partial charge is 0.478 e. The number of carboxylic acid groups (broad SMARTS) is 1. The number of aromatic carboxylic acids is 1. The van der Waals surface area contributed by atoms with Crippen LogP contribution in [0.4, 0.5) is 5.82 Å². The zero-order valence-corrected chi connectivity index (χ0v) is 12.4. The summed E-state index contributed by atoms with van der Waals surface area (Å²) in [4.78, 5) is 19.9. The number of hydrogen-bond acceptors (Lipinski definition) is 4. The Hall–Kier alpha value is -2.89. The molecule has 0 amide bonds. The fraction of sp³-hybridized carbons (Fsp3) is 0.188. The Kier molecular flexibility index (Phi) is 3.50. The first-order valence-electron chi connectivity index (χ1n) is 6.91. The molecule has 2 aromatic heterocycles. The van der Waals surface area contributed by atoms with E-state index in [1.165, 1.54) is 6.07 Å². The molecule has 0 saturated heterocycles. The molecule has 0 unspecified atom stereocenters. The maximum atomic E-state index is 11.2. The van der Waals surface area contributed by atoms with Gasteiger partial charge in [0.05, 0.1) is 17.6 Å². The number of carbonyl (C=O) groups is 1. The molecule has 3 aromatic rings. The average Bonchev–Trinajstić information content (AvgIpc) is 2.83. The van der Waals surface area contributed by atoms with Crippen LogP contribution in [0.25, 0.3) is 11.0 Å². The van der Waals surface area contributed by atoms with E-state index in [-0.39, 0.29) is 5.56 Å². The number of pyridine rings is 1. The smallest absolute Gasteiger partial charge is 0.339 e. The summed E-state index contributed by atoms with van der Waals surface area (Å²) in [6, 6.07) is 9.12. The lowest BCUT2D eigenvalue weighted by Crippen LogP contribution is -2.11. The van der Waals surface area contributed by atoms with Crippen molar-refractivity contribution in [2.24, 2.45) is 7.05 Å². The van der Waals surface area contributed by atoms with Crippen molar-refractivity contribution < 1.29 is 9.90 Å². The highest BCUT2D eigenvalue weighted by atomic mass is 16.4.